The molecule has 1 aliphatic rings. The van der Waals surface area contributed by atoms with Crippen molar-refractivity contribution in [2.75, 3.05) is 36.9 Å². The van der Waals surface area contributed by atoms with Crippen molar-refractivity contribution < 1.29 is 9.47 Å². The summed E-state index contributed by atoms with van der Waals surface area (Å²) in [7, 11) is 0. The van der Waals surface area contributed by atoms with Gasteiger partial charge in [-0.1, -0.05) is 0 Å². The molecule has 0 aliphatic carbocycles. The number of ether oxygens (including phenoxy) is 2. The average molecular weight is 273 g/mol. The second-order valence-electron chi connectivity index (χ2n) is 4.31. The lowest BCUT2D eigenvalue weighted by Crippen LogP contribution is -2.37. The minimum Gasteiger partial charge on any atom is -0.435 e. The van der Waals surface area contributed by atoms with Crippen LogP contribution < -0.4 is 15.4 Å². The number of morpholine rings is 1. The van der Waals surface area contributed by atoms with Crippen molar-refractivity contribution in [3.05, 3.63) is 30.9 Å². The first-order chi connectivity index (χ1) is 9.84. The Morgan fingerprint density at radius 2 is 2.10 bits per heavy atom. The zero-order chi connectivity index (χ0) is 13.8. The van der Waals surface area contributed by atoms with E-state index in [9.17, 15) is 0 Å². The van der Waals surface area contributed by atoms with Crippen molar-refractivity contribution in [1.82, 2.24) is 15.0 Å². The number of hydrogen-bond acceptors (Lipinski definition) is 7. The molecule has 2 N–H and O–H groups in total. The maximum Gasteiger partial charge on any atom is 0.248 e. The van der Waals surface area contributed by atoms with Gasteiger partial charge in [-0.2, -0.15) is 4.98 Å². The van der Waals surface area contributed by atoms with E-state index in [1.54, 1.807) is 24.5 Å². The highest BCUT2D eigenvalue weighted by molar-refractivity contribution is 5.68. The molecule has 1 saturated heterocycles. The van der Waals surface area contributed by atoms with E-state index < -0.39 is 0 Å². The molecule has 0 amide bonds. The Hall–Kier alpha value is -2.41. The fourth-order valence-corrected chi connectivity index (χ4v) is 2.00. The monoisotopic (exact) mass is 273 g/mol. The number of nitrogens with two attached hydrogens (primary N) is 1. The number of anilines is 2. The molecular weight excluding hydrogens is 258 g/mol. The van der Waals surface area contributed by atoms with Gasteiger partial charge < -0.3 is 20.1 Å². The third-order valence-electron chi connectivity index (χ3n) is 2.99. The second kappa shape index (κ2) is 5.70. The van der Waals surface area contributed by atoms with Gasteiger partial charge in [0, 0.05) is 19.3 Å². The Kier molecular flexibility index (Phi) is 3.60. The van der Waals surface area contributed by atoms with Crippen LogP contribution in [0.3, 0.4) is 0 Å². The highest BCUT2D eigenvalue weighted by Crippen LogP contribution is 2.31. The van der Waals surface area contributed by atoms with Crippen molar-refractivity contribution in [2.45, 2.75) is 0 Å². The topological polar surface area (TPSA) is 86.4 Å². The van der Waals surface area contributed by atoms with Crippen molar-refractivity contribution in [1.29, 1.82) is 0 Å². The van der Waals surface area contributed by atoms with E-state index in [0.717, 1.165) is 13.1 Å². The summed E-state index contributed by atoms with van der Waals surface area (Å²) in [5.41, 5.74) is 6.54. The largest absolute Gasteiger partial charge is 0.435 e. The van der Waals surface area contributed by atoms with Gasteiger partial charge >= 0.3 is 0 Å². The highest BCUT2D eigenvalue weighted by atomic mass is 16.5. The average Bonchev–Trinajstić information content (AvgIpc) is 2.51. The molecule has 0 atom stereocenters. The minimum atomic E-state index is 0.342. The predicted molar refractivity (Wildman–Crippen MR) is 73.8 cm³/mol. The van der Waals surface area contributed by atoms with Gasteiger partial charge in [0.15, 0.2) is 5.82 Å². The summed E-state index contributed by atoms with van der Waals surface area (Å²) in [4.78, 5) is 14.4. The Bertz CT molecular complexity index is 572. The van der Waals surface area contributed by atoms with E-state index in [4.69, 9.17) is 15.2 Å². The fourth-order valence-electron chi connectivity index (χ4n) is 2.00. The molecule has 0 spiro atoms. The summed E-state index contributed by atoms with van der Waals surface area (Å²) >= 11 is 0. The summed E-state index contributed by atoms with van der Waals surface area (Å²) in [5, 5.41) is 0. The van der Waals surface area contributed by atoms with E-state index in [2.05, 4.69) is 19.9 Å². The van der Waals surface area contributed by atoms with Crippen molar-refractivity contribution in [2.24, 2.45) is 0 Å². The van der Waals surface area contributed by atoms with Crippen LogP contribution in [0.15, 0.2) is 30.9 Å². The van der Waals surface area contributed by atoms with Gasteiger partial charge in [0.2, 0.25) is 5.88 Å². The van der Waals surface area contributed by atoms with E-state index in [1.165, 1.54) is 6.33 Å². The SMILES string of the molecule is Nc1c(Oc2cccnc2)ncnc1N1CCOCC1. The Morgan fingerprint density at radius 1 is 1.25 bits per heavy atom. The summed E-state index contributed by atoms with van der Waals surface area (Å²) < 4.78 is 11.0. The maximum absolute atomic E-state index is 6.11. The first-order valence-electron chi connectivity index (χ1n) is 6.35. The number of nitrogens with zero attached hydrogens (tertiary/aromatic N) is 4. The molecule has 0 aromatic carbocycles. The quantitative estimate of drug-likeness (QED) is 0.895. The molecule has 2 aromatic heterocycles. The second-order valence-corrected chi connectivity index (χ2v) is 4.31. The minimum absolute atomic E-state index is 0.342. The zero-order valence-electron chi connectivity index (χ0n) is 10.9. The van der Waals surface area contributed by atoms with Crippen molar-refractivity contribution >= 4 is 11.5 Å². The van der Waals surface area contributed by atoms with Crippen LogP contribution in [0.2, 0.25) is 0 Å². The van der Waals surface area contributed by atoms with Crippen molar-refractivity contribution in [3.63, 3.8) is 0 Å². The number of hydrogen-bond donors (Lipinski definition) is 1. The lowest BCUT2D eigenvalue weighted by Gasteiger charge is -2.28. The molecule has 0 saturated carbocycles. The first-order valence-corrected chi connectivity index (χ1v) is 6.35. The fraction of sp³-hybridized carbons (Fsp3) is 0.308. The van der Waals surface area contributed by atoms with Gasteiger partial charge in [-0.3, -0.25) is 4.98 Å². The summed E-state index contributed by atoms with van der Waals surface area (Å²) in [5.74, 6) is 1.61. The zero-order valence-corrected chi connectivity index (χ0v) is 10.9. The standard InChI is InChI=1S/C13H15N5O2/c14-11-12(18-4-6-19-7-5-18)16-9-17-13(11)20-10-2-1-3-15-8-10/h1-3,8-9H,4-7,14H2. The number of pyridine rings is 1. The Morgan fingerprint density at radius 3 is 2.85 bits per heavy atom. The number of aromatic nitrogens is 3. The maximum atomic E-state index is 6.11. The molecule has 20 heavy (non-hydrogen) atoms. The third-order valence-corrected chi connectivity index (χ3v) is 2.99. The lowest BCUT2D eigenvalue weighted by atomic mass is 10.3. The van der Waals surface area contributed by atoms with Crippen LogP contribution in [0.5, 0.6) is 11.6 Å². The van der Waals surface area contributed by atoms with Gasteiger partial charge in [0.1, 0.15) is 17.8 Å². The van der Waals surface area contributed by atoms with Gasteiger partial charge in [-0.05, 0) is 12.1 Å². The van der Waals surface area contributed by atoms with Gasteiger partial charge in [-0.15, -0.1) is 0 Å². The molecule has 3 rings (SSSR count). The van der Waals surface area contributed by atoms with Crippen LogP contribution in [-0.2, 0) is 4.74 Å². The van der Waals surface area contributed by atoms with Crippen LogP contribution in [0, 0.1) is 0 Å². The summed E-state index contributed by atoms with van der Waals surface area (Å²) in [6, 6.07) is 3.58. The molecule has 0 bridgehead atoms. The van der Waals surface area contributed by atoms with Gasteiger partial charge in [0.05, 0.1) is 19.4 Å². The molecule has 7 heteroatoms. The Balaban J connectivity index is 1.85. The third kappa shape index (κ3) is 2.62. The number of nitrogen functional groups attached to an aromatic ring is 1. The molecule has 0 unspecified atom stereocenters. The smallest absolute Gasteiger partial charge is 0.248 e. The molecule has 3 heterocycles. The first kappa shape index (κ1) is 12.6. The van der Waals surface area contributed by atoms with E-state index >= 15 is 0 Å². The predicted octanol–water partition coefficient (Wildman–Crippen LogP) is 1.08. The Labute approximate surface area is 116 Å². The van der Waals surface area contributed by atoms with E-state index in [1.807, 2.05) is 0 Å². The van der Waals surface area contributed by atoms with Crippen LogP contribution in [0.1, 0.15) is 0 Å². The molecule has 1 fully saturated rings. The van der Waals surface area contributed by atoms with Crippen LogP contribution in [-0.4, -0.2) is 41.3 Å². The lowest BCUT2D eigenvalue weighted by molar-refractivity contribution is 0.122. The van der Waals surface area contributed by atoms with Crippen LogP contribution >= 0.6 is 0 Å². The van der Waals surface area contributed by atoms with E-state index in [-0.39, 0.29) is 0 Å². The van der Waals surface area contributed by atoms with Crippen molar-refractivity contribution in [3.8, 4) is 11.6 Å². The summed E-state index contributed by atoms with van der Waals surface area (Å²) in [6.07, 6.45) is 4.73. The molecule has 104 valence electrons. The molecule has 1 aliphatic heterocycles. The normalized spacial score (nSPS) is 15.1. The van der Waals surface area contributed by atoms with Crippen LogP contribution in [0.25, 0.3) is 0 Å². The van der Waals surface area contributed by atoms with Gasteiger partial charge in [0.25, 0.3) is 0 Å². The van der Waals surface area contributed by atoms with Gasteiger partial charge in [-0.25, -0.2) is 4.98 Å². The van der Waals surface area contributed by atoms with E-state index in [0.29, 0.717) is 36.3 Å². The molecule has 2 aromatic rings. The molecule has 0 radical (unpaired) electrons. The van der Waals surface area contributed by atoms with Crippen LogP contribution in [0.4, 0.5) is 11.5 Å². The molecule has 7 nitrogen and oxygen atoms in total. The molecular formula is C13H15N5O2. The number of rotatable bonds is 3. The summed E-state index contributed by atoms with van der Waals surface area (Å²) in [6.45, 7) is 2.85. The highest BCUT2D eigenvalue weighted by Gasteiger charge is 2.18.